The quantitative estimate of drug-likeness (QED) is 0.213. The Labute approximate surface area is 233 Å². The van der Waals surface area contributed by atoms with Gasteiger partial charge < -0.3 is 21.1 Å². The van der Waals surface area contributed by atoms with E-state index in [1.165, 1.54) is 27.9 Å². The molecule has 11 nitrogen and oxygen atoms in total. The first-order valence-electron chi connectivity index (χ1n) is 13.4. The van der Waals surface area contributed by atoms with E-state index in [1.807, 2.05) is 6.07 Å². The van der Waals surface area contributed by atoms with Gasteiger partial charge in [-0.05, 0) is 43.9 Å². The molecule has 0 bridgehead atoms. The normalized spacial score (nSPS) is 20.4. The van der Waals surface area contributed by atoms with Gasteiger partial charge in [-0.15, -0.1) is 5.10 Å². The van der Waals surface area contributed by atoms with Crippen LogP contribution in [0, 0.1) is 5.82 Å². The monoisotopic (exact) mass is 562 g/mol. The lowest BCUT2D eigenvalue weighted by Crippen LogP contribution is -2.47. The lowest BCUT2D eigenvalue weighted by atomic mass is 9.88. The number of pyridine rings is 1. The number of hydrogen-bond donors (Lipinski definition) is 4. The maximum absolute atomic E-state index is 16.1. The number of para-hydroxylation sites is 1. The number of alkyl halides is 1. The van der Waals surface area contributed by atoms with Crippen molar-refractivity contribution in [1.82, 2.24) is 19.6 Å². The topological polar surface area (TPSA) is 137 Å². The van der Waals surface area contributed by atoms with E-state index in [0.717, 1.165) is 19.0 Å². The fourth-order valence-corrected chi connectivity index (χ4v) is 5.14. The Balaban J connectivity index is 1.24. The molecule has 41 heavy (non-hydrogen) atoms. The maximum Gasteiger partial charge on any atom is 0.412 e. The third-order valence-electron chi connectivity index (χ3n) is 7.36. The summed E-state index contributed by atoms with van der Waals surface area (Å²) in [6.07, 6.45) is 5.26. The molecule has 2 saturated carbocycles. The molecular formula is C28H28F2N8O3. The largest absolute Gasteiger partial charge is 0.465 e. The summed E-state index contributed by atoms with van der Waals surface area (Å²) in [4.78, 5) is 34.4. The number of carbonyl (C=O) groups excluding carboxylic acids is 1. The number of amides is 2. The second-order valence-corrected chi connectivity index (χ2v) is 10.4. The molecule has 4 aromatic rings. The summed E-state index contributed by atoms with van der Waals surface area (Å²) in [5.74, 6) is -3.00. The molecule has 212 valence electrons. The Hall–Kier alpha value is -4.81. The van der Waals surface area contributed by atoms with Gasteiger partial charge in [0.1, 0.15) is 0 Å². The molecule has 0 aliphatic heterocycles. The molecule has 13 heteroatoms. The zero-order valence-corrected chi connectivity index (χ0v) is 21.9. The number of halogens is 2. The Morgan fingerprint density at radius 2 is 1.80 bits per heavy atom. The molecule has 2 fully saturated rings. The number of imidazole rings is 1. The van der Waals surface area contributed by atoms with Crippen LogP contribution in [0.2, 0.25) is 0 Å². The van der Waals surface area contributed by atoms with Crippen molar-refractivity contribution in [2.24, 2.45) is 0 Å². The van der Waals surface area contributed by atoms with Gasteiger partial charge in [0, 0.05) is 42.9 Å². The average Bonchev–Trinajstić information content (AvgIpc) is 3.66. The standard InChI is InChI=1S/C28H28F2N8O3/c29-20-15-31-13-10-21(20)34-26(39)23-16-32-25-22(33-17-6-7-17)14-24(36-38(23)25)35-28(30)11-8-19(9-12-28)37(27(40)41)18-4-2-1-3-5-18/h1-5,10,13-17,19,33H,6-9,11-12H2,(H,35,36)(H,40,41)(H,31,34,39)/t19-,28-. The Bertz CT molecular complexity index is 1590. The molecular weight excluding hydrogens is 534 g/mol. The third kappa shape index (κ3) is 5.60. The van der Waals surface area contributed by atoms with Gasteiger partial charge in [0.2, 0.25) is 0 Å². The minimum absolute atomic E-state index is 0.0373. The van der Waals surface area contributed by atoms with Crippen molar-refractivity contribution in [3.63, 3.8) is 0 Å². The van der Waals surface area contributed by atoms with Crippen molar-refractivity contribution < 1.29 is 23.5 Å². The van der Waals surface area contributed by atoms with E-state index in [1.54, 1.807) is 30.3 Å². The van der Waals surface area contributed by atoms with Crippen LogP contribution in [0.4, 0.5) is 36.5 Å². The summed E-state index contributed by atoms with van der Waals surface area (Å²) in [6.45, 7) is 0. The molecule has 0 unspecified atom stereocenters. The first kappa shape index (κ1) is 26.4. The van der Waals surface area contributed by atoms with Crippen molar-refractivity contribution in [3.05, 3.63) is 72.6 Å². The highest BCUT2D eigenvalue weighted by Crippen LogP contribution is 2.37. The molecule has 3 heterocycles. The van der Waals surface area contributed by atoms with Crippen LogP contribution < -0.4 is 20.9 Å². The van der Waals surface area contributed by atoms with Crippen LogP contribution in [0.5, 0.6) is 0 Å². The highest BCUT2D eigenvalue weighted by molar-refractivity contribution is 6.03. The van der Waals surface area contributed by atoms with Crippen LogP contribution >= 0.6 is 0 Å². The number of aromatic nitrogens is 4. The average molecular weight is 563 g/mol. The second kappa shape index (κ2) is 10.6. The maximum atomic E-state index is 16.1. The molecule has 2 aliphatic carbocycles. The van der Waals surface area contributed by atoms with Crippen LogP contribution in [0.15, 0.2) is 61.1 Å². The van der Waals surface area contributed by atoms with Gasteiger partial charge in [-0.25, -0.2) is 23.1 Å². The molecule has 4 N–H and O–H groups in total. The minimum Gasteiger partial charge on any atom is -0.465 e. The van der Waals surface area contributed by atoms with Crippen molar-refractivity contribution in [1.29, 1.82) is 0 Å². The fraction of sp³-hybridized carbons (Fsp3) is 0.321. The number of carboxylic acid groups (broad SMARTS) is 1. The summed E-state index contributed by atoms with van der Waals surface area (Å²) in [6, 6.07) is 11.6. The molecule has 0 spiro atoms. The molecule has 2 amide bonds. The number of anilines is 4. The second-order valence-electron chi connectivity index (χ2n) is 10.4. The highest BCUT2D eigenvalue weighted by Gasteiger charge is 2.39. The van der Waals surface area contributed by atoms with Crippen LogP contribution in [-0.2, 0) is 0 Å². The van der Waals surface area contributed by atoms with Crippen LogP contribution in [0.3, 0.4) is 0 Å². The Morgan fingerprint density at radius 1 is 1.05 bits per heavy atom. The van der Waals surface area contributed by atoms with E-state index in [9.17, 15) is 19.1 Å². The zero-order valence-electron chi connectivity index (χ0n) is 21.9. The molecule has 0 radical (unpaired) electrons. The summed E-state index contributed by atoms with van der Waals surface area (Å²) in [5.41, 5.74) is 1.49. The van der Waals surface area contributed by atoms with Crippen molar-refractivity contribution in [2.45, 2.75) is 56.4 Å². The number of nitrogens with one attached hydrogen (secondary N) is 3. The third-order valence-corrected chi connectivity index (χ3v) is 7.36. The predicted molar refractivity (Wildman–Crippen MR) is 148 cm³/mol. The van der Waals surface area contributed by atoms with Gasteiger partial charge in [-0.2, -0.15) is 0 Å². The number of fused-ring (bicyclic) bond motifs is 1. The first-order chi connectivity index (χ1) is 19.8. The number of hydrogen-bond acceptors (Lipinski definition) is 7. The SMILES string of the molecule is O=C(Nc1ccncc1F)c1cnc2c(NC3CC3)cc(N[C@]3(F)CC[C@@H](N(C(=O)O)c4ccccc4)CC3)nn12. The Morgan fingerprint density at radius 3 is 2.49 bits per heavy atom. The van der Waals surface area contributed by atoms with Gasteiger partial charge >= 0.3 is 6.09 Å². The number of carbonyl (C=O) groups is 2. The summed E-state index contributed by atoms with van der Waals surface area (Å²) in [5, 5.41) is 23.1. The van der Waals surface area contributed by atoms with Crippen LogP contribution in [-0.4, -0.2) is 54.6 Å². The summed E-state index contributed by atoms with van der Waals surface area (Å²) in [7, 11) is 0. The summed E-state index contributed by atoms with van der Waals surface area (Å²) >= 11 is 0. The van der Waals surface area contributed by atoms with Crippen molar-refractivity contribution >= 4 is 40.5 Å². The fourth-order valence-electron chi connectivity index (χ4n) is 5.14. The van der Waals surface area contributed by atoms with E-state index in [4.69, 9.17) is 0 Å². The molecule has 1 aromatic carbocycles. The van der Waals surface area contributed by atoms with Crippen molar-refractivity contribution in [2.75, 3.05) is 20.9 Å². The van der Waals surface area contributed by atoms with E-state index >= 15 is 4.39 Å². The van der Waals surface area contributed by atoms with Gasteiger partial charge in [0.25, 0.3) is 5.91 Å². The number of rotatable bonds is 8. The molecule has 6 rings (SSSR count). The van der Waals surface area contributed by atoms with Crippen LogP contribution in [0.25, 0.3) is 5.65 Å². The van der Waals surface area contributed by atoms with E-state index in [0.29, 0.717) is 29.9 Å². The predicted octanol–water partition coefficient (Wildman–Crippen LogP) is 5.29. The lowest BCUT2D eigenvalue weighted by Gasteiger charge is -2.38. The van der Waals surface area contributed by atoms with Crippen LogP contribution in [0.1, 0.15) is 49.0 Å². The first-order valence-corrected chi connectivity index (χ1v) is 13.4. The van der Waals surface area contributed by atoms with Crippen molar-refractivity contribution in [3.8, 4) is 0 Å². The smallest absolute Gasteiger partial charge is 0.412 e. The number of benzene rings is 1. The number of nitrogens with zero attached hydrogens (tertiary/aromatic N) is 5. The lowest BCUT2D eigenvalue weighted by molar-refractivity contribution is 0.101. The molecule has 0 saturated heterocycles. The molecule has 0 atom stereocenters. The molecule has 2 aliphatic rings. The van der Waals surface area contributed by atoms with E-state index in [2.05, 4.69) is 31.0 Å². The van der Waals surface area contributed by atoms with Gasteiger partial charge in [0.15, 0.2) is 28.8 Å². The van der Waals surface area contributed by atoms with Gasteiger partial charge in [0.05, 0.1) is 23.8 Å². The summed E-state index contributed by atoms with van der Waals surface area (Å²) < 4.78 is 31.5. The zero-order chi connectivity index (χ0) is 28.6. The van der Waals surface area contributed by atoms with Gasteiger partial charge in [-0.1, -0.05) is 18.2 Å². The highest BCUT2D eigenvalue weighted by atomic mass is 19.1. The minimum atomic E-state index is -1.85. The Kier molecular flexibility index (Phi) is 6.85. The van der Waals surface area contributed by atoms with Gasteiger partial charge in [-0.3, -0.25) is 14.7 Å². The van der Waals surface area contributed by atoms with E-state index in [-0.39, 0.29) is 42.1 Å². The molecule has 3 aromatic heterocycles. The van der Waals surface area contributed by atoms with E-state index < -0.39 is 23.6 Å².